The third-order valence-electron chi connectivity index (χ3n) is 4.39. The molecular formula is C23H36O5S. The summed E-state index contributed by atoms with van der Waals surface area (Å²) in [5.41, 5.74) is 0. The van der Waals surface area contributed by atoms with Crippen LogP contribution in [-0.2, 0) is 4.79 Å². The average Bonchev–Trinajstić information content (AvgIpc) is 3.15. The number of rotatable bonds is 8. The SMILES string of the molecule is CC.CCC(C)C.CCC(CC(=O)c1cc2cc(OC)c(OC)cc2s1)C(=O)O. The quantitative estimate of drug-likeness (QED) is 0.478. The number of thiophene rings is 1. The van der Waals surface area contributed by atoms with Crippen molar-refractivity contribution in [3.63, 3.8) is 0 Å². The number of carbonyl (C=O) groups excluding carboxylic acids is 1. The Morgan fingerprint density at radius 1 is 1.00 bits per heavy atom. The first-order chi connectivity index (χ1) is 13.8. The number of methoxy groups -OCH3 is 2. The lowest BCUT2D eigenvalue weighted by atomic mass is 9.99. The number of ketones is 1. The second-order valence-corrected chi connectivity index (χ2v) is 7.81. The fourth-order valence-corrected chi connectivity index (χ4v) is 3.26. The van der Waals surface area contributed by atoms with Crippen LogP contribution in [0.3, 0.4) is 0 Å². The largest absolute Gasteiger partial charge is 0.493 e. The van der Waals surface area contributed by atoms with Crippen LogP contribution < -0.4 is 9.47 Å². The zero-order chi connectivity index (χ0) is 22.6. The lowest BCUT2D eigenvalue weighted by Crippen LogP contribution is -2.16. The van der Waals surface area contributed by atoms with Crippen molar-refractivity contribution in [2.75, 3.05) is 14.2 Å². The number of carboxylic acid groups (broad SMARTS) is 1. The van der Waals surface area contributed by atoms with Crippen molar-refractivity contribution in [2.45, 2.75) is 60.8 Å². The van der Waals surface area contributed by atoms with E-state index in [0.29, 0.717) is 22.8 Å². The Kier molecular flexibility index (Phi) is 13.0. The van der Waals surface area contributed by atoms with Gasteiger partial charge in [0, 0.05) is 17.2 Å². The van der Waals surface area contributed by atoms with Gasteiger partial charge in [0.05, 0.1) is 25.0 Å². The van der Waals surface area contributed by atoms with Gasteiger partial charge in [-0.25, -0.2) is 0 Å². The van der Waals surface area contributed by atoms with Crippen LogP contribution in [0.1, 0.15) is 70.5 Å². The van der Waals surface area contributed by atoms with E-state index in [0.717, 1.165) is 16.0 Å². The molecular weight excluding hydrogens is 388 g/mol. The Labute approximate surface area is 179 Å². The molecule has 1 unspecified atom stereocenters. The fraction of sp³-hybridized carbons (Fsp3) is 0.565. The summed E-state index contributed by atoms with van der Waals surface area (Å²) < 4.78 is 11.4. The van der Waals surface area contributed by atoms with Gasteiger partial charge in [0.15, 0.2) is 17.3 Å². The van der Waals surface area contributed by atoms with Gasteiger partial charge in [0.2, 0.25) is 0 Å². The number of carboxylic acids is 1. The summed E-state index contributed by atoms with van der Waals surface area (Å²) in [4.78, 5) is 23.9. The molecule has 0 radical (unpaired) electrons. The number of fused-ring (bicyclic) bond motifs is 1. The van der Waals surface area contributed by atoms with Gasteiger partial charge in [-0.15, -0.1) is 11.3 Å². The van der Waals surface area contributed by atoms with Crippen LogP contribution in [-0.4, -0.2) is 31.1 Å². The molecule has 2 aromatic rings. The molecule has 0 amide bonds. The predicted molar refractivity (Wildman–Crippen MR) is 122 cm³/mol. The van der Waals surface area contributed by atoms with Gasteiger partial charge in [0.25, 0.3) is 0 Å². The molecule has 5 nitrogen and oxygen atoms in total. The Morgan fingerprint density at radius 3 is 1.93 bits per heavy atom. The van der Waals surface area contributed by atoms with E-state index in [1.54, 1.807) is 27.2 Å². The number of aliphatic carboxylic acids is 1. The van der Waals surface area contributed by atoms with Gasteiger partial charge in [-0.05, 0) is 29.9 Å². The molecule has 1 heterocycles. The third-order valence-corrected chi connectivity index (χ3v) is 5.53. The predicted octanol–water partition coefficient (Wildman–Crippen LogP) is 6.68. The highest BCUT2D eigenvalue weighted by atomic mass is 32.1. The molecule has 0 spiro atoms. The van der Waals surface area contributed by atoms with E-state index in [1.165, 1.54) is 17.8 Å². The van der Waals surface area contributed by atoms with Gasteiger partial charge < -0.3 is 14.6 Å². The molecule has 1 aromatic carbocycles. The van der Waals surface area contributed by atoms with Crippen LogP contribution >= 0.6 is 11.3 Å². The minimum absolute atomic E-state index is 0.0208. The van der Waals surface area contributed by atoms with E-state index in [4.69, 9.17) is 14.6 Å². The third kappa shape index (κ3) is 8.44. The number of Topliss-reactive ketones (excluding diaryl/α,β-unsaturated/α-hetero) is 1. The van der Waals surface area contributed by atoms with E-state index in [-0.39, 0.29) is 12.2 Å². The van der Waals surface area contributed by atoms with Crippen molar-refractivity contribution in [1.29, 1.82) is 0 Å². The highest BCUT2D eigenvalue weighted by Crippen LogP contribution is 2.37. The summed E-state index contributed by atoms with van der Waals surface area (Å²) in [5, 5.41) is 9.95. The topological polar surface area (TPSA) is 72.8 Å². The molecule has 0 aliphatic heterocycles. The number of carbonyl (C=O) groups is 2. The molecule has 0 fully saturated rings. The van der Waals surface area contributed by atoms with Crippen molar-refractivity contribution < 1.29 is 24.2 Å². The molecule has 6 heteroatoms. The Hall–Kier alpha value is -2.08. The lowest BCUT2D eigenvalue weighted by Gasteiger charge is -2.06. The average molecular weight is 425 g/mol. The van der Waals surface area contributed by atoms with Crippen LogP contribution in [0.15, 0.2) is 18.2 Å². The summed E-state index contributed by atoms with van der Waals surface area (Å²) in [7, 11) is 3.11. The van der Waals surface area contributed by atoms with Crippen LogP contribution in [0, 0.1) is 11.8 Å². The van der Waals surface area contributed by atoms with E-state index >= 15 is 0 Å². The maximum atomic E-state index is 12.3. The Bertz CT molecular complexity index is 723. The summed E-state index contributed by atoms with van der Waals surface area (Å²) in [6.45, 7) is 12.4. The molecule has 1 aromatic heterocycles. The maximum absolute atomic E-state index is 12.3. The molecule has 164 valence electrons. The minimum Gasteiger partial charge on any atom is -0.493 e. The number of benzene rings is 1. The highest BCUT2D eigenvalue weighted by Gasteiger charge is 2.21. The molecule has 29 heavy (non-hydrogen) atoms. The Balaban J connectivity index is 0.000000977. The first kappa shape index (κ1) is 26.9. The number of ether oxygens (including phenoxy) is 2. The molecule has 0 aliphatic rings. The van der Waals surface area contributed by atoms with Crippen molar-refractivity contribution in [3.05, 3.63) is 23.1 Å². The molecule has 1 N–H and O–H groups in total. The van der Waals surface area contributed by atoms with Crippen LogP contribution in [0.2, 0.25) is 0 Å². The number of hydrogen-bond acceptors (Lipinski definition) is 5. The molecule has 1 atom stereocenters. The van der Waals surface area contributed by atoms with Gasteiger partial charge >= 0.3 is 5.97 Å². The van der Waals surface area contributed by atoms with Crippen molar-refractivity contribution in [2.24, 2.45) is 11.8 Å². The maximum Gasteiger partial charge on any atom is 0.306 e. The van der Waals surface area contributed by atoms with Gasteiger partial charge in [-0.1, -0.05) is 48.0 Å². The van der Waals surface area contributed by atoms with Crippen molar-refractivity contribution in [1.82, 2.24) is 0 Å². The first-order valence-electron chi connectivity index (χ1n) is 10.2. The number of hydrogen-bond donors (Lipinski definition) is 1. The summed E-state index contributed by atoms with van der Waals surface area (Å²) in [6.07, 6.45) is 1.76. The van der Waals surface area contributed by atoms with Gasteiger partial charge in [0.1, 0.15) is 0 Å². The van der Waals surface area contributed by atoms with Crippen molar-refractivity contribution >= 4 is 33.2 Å². The fourth-order valence-electron chi connectivity index (χ4n) is 2.23. The molecule has 0 saturated heterocycles. The summed E-state index contributed by atoms with van der Waals surface area (Å²) in [5.74, 6) is 0.377. The highest BCUT2D eigenvalue weighted by molar-refractivity contribution is 7.20. The molecule has 2 rings (SSSR count). The monoisotopic (exact) mass is 424 g/mol. The second kappa shape index (κ2) is 14.0. The van der Waals surface area contributed by atoms with E-state index < -0.39 is 11.9 Å². The van der Waals surface area contributed by atoms with E-state index in [1.807, 2.05) is 26.0 Å². The van der Waals surface area contributed by atoms with E-state index in [2.05, 4.69) is 20.8 Å². The smallest absolute Gasteiger partial charge is 0.306 e. The summed E-state index contributed by atoms with van der Waals surface area (Å²) >= 11 is 1.34. The Morgan fingerprint density at radius 2 is 1.52 bits per heavy atom. The van der Waals surface area contributed by atoms with Crippen LogP contribution in [0.4, 0.5) is 0 Å². The van der Waals surface area contributed by atoms with Crippen LogP contribution in [0.25, 0.3) is 10.1 Å². The minimum atomic E-state index is -0.930. The first-order valence-corrected chi connectivity index (χ1v) is 11.0. The zero-order valence-corrected chi connectivity index (χ0v) is 19.8. The van der Waals surface area contributed by atoms with Crippen molar-refractivity contribution in [3.8, 4) is 11.5 Å². The molecule has 0 bridgehead atoms. The van der Waals surface area contributed by atoms with E-state index in [9.17, 15) is 9.59 Å². The van der Waals surface area contributed by atoms with Gasteiger partial charge in [-0.3, -0.25) is 9.59 Å². The van der Waals surface area contributed by atoms with Crippen LogP contribution in [0.5, 0.6) is 11.5 Å². The summed E-state index contributed by atoms with van der Waals surface area (Å²) in [6, 6.07) is 5.42. The molecule has 0 aliphatic carbocycles. The molecule has 0 saturated carbocycles. The second-order valence-electron chi connectivity index (χ2n) is 6.73. The standard InChI is InChI=1S/C16H18O5S.C5H12.C2H6/c1-4-9(16(18)19)5-11(17)15-7-10-6-12(20-2)13(21-3)8-14(10)22-15;1-4-5(2)3;1-2/h6-9H,4-5H2,1-3H3,(H,18,19);5H,4H2,1-3H3;1-2H3. The zero-order valence-electron chi connectivity index (χ0n) is 19.0. The lowest BCUT2D eigenvalue weighted by molar-refractivity contribution is -0.141. The van der Waals surface area contributed by atoms with Gasteiger partial charge in [-0.2, -0.15) is 0 Å². The normalized spacial score (nSPS) is 11.1.